The van der Waals surface area contributed by atoms with Gasteiger partial charge in [-0.3, -0.25) is 9.78 Å². The van der Waals surface area contributed by atoms with E-state index in [1.165, 1.54) is 0 Å². The van der Waals surface area contributed by atoms with Crippen LogP contribution in [-0.2, 0) is 4.79 Å². The van der Waals surface area contributed by atoms with Crippen molar-refractivity contribution in [3.63, 3.8) is 0 Å². The quantitative estimate of drug-likeness (QED) is 0.943. The van der Waals surface area contributed by atoms with Crippen LogP contribution in [0.2, 0.25) is 5.02 Å². The average molecular weight is 291 g/mol. The van der Waals surface area contributed by atoms with Crippen molar-refractivity contribution in [2.75, 3.05) is 18.0 Å². The highest BCUT2D eigenvalue weighted by Crippen LogP contribution is 2.31. The van der Waals surface area contributed by atoms with Gasteiger partial charge in [0.2, 0.25) is 0 Å². The molecule has 0 amide bonds. The van der Waals surface area contributed by atoms with E-state index in [1.54, 1.807) is 6.20 Å². The maximum absolute atomic E-state index is 10.8. The Morgan fingerprint density at radius 2 is 2.30 bits per heavy atom. The van der Waals surface area contributed by atoms with E-state index >= 15 is 0 Å². The van der Waals surface area contributed by atoms with Crippen molar-refractivity contribution < 1.29 is 9.90 Å². The minimum Gasteiger partial charge on any atom is -0.481 e. The second-order valence-electron chi connectivity index (χ2n) is 5.19. The zero-order valence-corrected chi connectivity index (χ0v) is 11.7. The fourth-order valence-electron chi connectivity index (χ4n) is 2.85. The third-order valence-electron chi connectivity index (χ3n) is 3.77. The van der Waals surface area contributed by atoms with Crippen molar-refractivity contribution in [3.8, 4) is 0 Å². The summed E-state index contributed by atoms with van der Waals surface area (Å²) in [5.74, 6) is -0.494. The number of aromatic nitrogens is 1. The van der Waals surface area contributed by atoms with Gasteiger partial charge in [0, 0.05) is 41.8 Å². The van der Waals surface area contributed by atoms with E-state index in [9.17, 15) is 4.79 Å². The SMILES string of the molecule is O=C(O)CC1CCN(c2ccnc3cc(Cl)ccc23)C1. The number of benzene rings is 1. The molecule has 0 bridgehead atoms. The van der Waals surface area contributed by atoms with Crippen LogP contribution in [-0.4, -0.2) is 29.1 Å². The summed E-state index contributed by atoms with van der Waals surface area (Å²) in [7, 11) is 0. The number of carboxylic acids is 1. The molecule has 2 aromatic rings. The Bertz CT molecular complexity index is 659. The zero-order chi connectivity index (χ0) is 14.1. The lowest BCUT2D eigenvalue weighted by molar-refractivity contribution is -0.137. The molecule has 20 heavy (non-hydrogen) atoms. The van der Waals surface area contributed by atoms with Crippen LogP contribution in [0.3, 0.4) is 0 Å². The van der Waals surface area contributed by atoms with E-state index in [-0.39, 0.29) is 12.3 Å². The van der Waals surface area contributed by atoms with Gasteiger partial charge < -0.3 is 10.0 Å². The molecule has 0 radical (unpaired) electrons. The van der Waals surface area contributed by atoms with Crippen LogP contribution in [0.4, 0.5) is 5.69 Å². The summed E-state index contributed by atoms with van der Waals surface area (Å²) < 4.78 is 0. The second kappa shape index (κ2) is 5.29. The van der Waals surface area contributed by atoms with E-state index in [0.717, 1.165) is 36.1 Å². The number of nitrogens with zero attached hydrogens (tertiary/aromatic N) is 2. The molecule has 3 rings (SSSR count). The van der Waals surface area contributed by atoms with E-state index in [1.807, 2.05) is 24.3 Å². The largest absolute Gasteiger partial charge is 0.481 e. The third kappa shape index (κ3) is 2.56. The third-order valence-corrected chi connectivity index (χ3v) is 4.01. The van der Waals surface area contributed by atoms with Crippen LogP contribution in [0.5, 0.6) is 0 Å². The van der Waals surface area contributed by atoms with Crippen molar-refractivity contribution in [1.82, 2.24) is 4.98 Å². The number of hydrogen-bond acceptors (Lipinski definition) is 3. The number of halogens is 1. The normalized spacial score (nSPS) is 18.6. The molecule has 1 saturated heterocycles. The number of hydrogen-bond donors (Lipinski definition) is 1. The summed E-state index contributed by atoms with van der Waals surface area (Å²) >= 11 is 5.99. The number of anilines is 1. The molecule has 1 fully saturated rings. The van der Waals surface area contributed by atoms with Crippen LogP contribution in [0.15, 0.2) is 30.5 Å². The number of aliphatic carboxylic acids is 1. The molecule has 1 atom stereocenters. The first-order valence-corrected chi connectivity index (χ1v) is 7.02. The first-order valence-electron chi connectivity index (χ1n) is 6.64. The number of fused-ring (bicyclic) bond motifs is 1. The number of rotatable bonds is 3. The van der Waals surface area contributed by atoms with E-state index in [2.05, 4.69) is 9.88 Å². The topological polar surface area (TPSA) is 53.4 Å². The molecule has 104 valence electrons. The Morgan fingerprint density at radius 3 is 3.10 bits per heavy atom. The van der Waals surface area contributed by atoms with Gasteiger partial charge in [-0.15, -0.1) is 0 Å². The monoisotopic (exact) mass is 290 g/mol. The Hall–Kier alpha value is -1.81. The lowest BCUT2D eigenvalue weighted by atomic mass is 10.1. The molecule has 1 aliphatic heterocycles. The van der Waals surface area contributed by atoms with Crippen molar-refractivity contribution >= 4 is 34.2 Å². The summed E-state index contributed by atoms with van der Waals surface area (Å²) in [4.78, 5) is 17.4. The Kier molecular flexibility index (Phi) is 3.49. The summed E-state index contributed by atoms with van der Waals surface area (Å²) in [5, 5.41) is 10.6. The molecule has 5 heteroatoms. The highest BCUT2D eigenvalue weighted by atomic mass is 35.5. The van der Waals surface area contributed by atoms with Crippen LogP contribution < -0.4 is 4.90 Å². The maximum atomic E-state index is 10.8. The summed E-state index contributed by atoms with van der Waals surface area (Å²) in [6, 6.07) is 7.68. The van der Waals surface area contributed by atoms with Crippen LogP contribution in [0.25, 0.3) is 10.9 Å². The molecule has 4 nitrogen and oxygen atoms in total. The van der Waals surface area contributed by atoms with Gasteiger partial charge in [-0.2, -0.15) is 0 Å². The van der Waals surface area contributed by atoms with E-state index in [4.69, 9.17) is 16.7 Å². The van der Waals surface area contributed by atoms with Gasteiger partial charge in [-0.1, -0.05) is 11.6 Å². The first-order chi connectivity index (χ1) is 9.63. The highest BCUT2D eigenvalue weighted by molar-refractivity contribution is 6.31. The molecular formula is C15H15ClN2O2. The van der Waals surface area contributed by atoms with Gasteiger partial charge >= 0.3 is 5.97 Å². The first kappa shape index (κ1) is 13.2. The smallest absolute Gasteiger partial charge is 0.303 e. The average Bonchev–Trinajstić information content (AvgIpc) is 2.85. The predicted molar refractivity (Wildman–Crippen MR) is 79.3 cm³/mol. The molecule has 1 unspecified atom stereocenters. The van der Waals surface area contributed by atoms with Gasteiger partial charge in [0.05, 0.1) is 5.52 Å². The van der Waals surface area contributed by atoms with Crippen molar-refractivity contribution in [1.29, 1.82) is 0 Å². The van der Waals surface area contributed by atoms with Gasteiger partial charge in [0.15, 0.2) is 0 Å². The Morgan fingerprint density at radius 1 is 1.45 bits per heavy atom. The second-order valence-corrected chi connectivity index (χ2v) is 5.63. The van der Waals surface area contributed by atoms with Crippen molar-refractivity contribution in [3.05, 3.63) is 35.5 Å². The van der Waals surface area contributed by atoms with Crippen LogP contribution >= 0.6 is 11.6 Å². The standard InChI is InChI=1S/C15H15ClN2O2/c16-11-1-2-12-13(8-11)17-5-3-14(12)18-6-4-10(9-18)7-15(19)20/h1-3,5,8,10H,4,6-7,9H2,(H,19,20). The molecule has 1 aromatic heterocycles. The fraction of sp³-hybridized carbons (Fsp3) is 0.333. The molecule has 0 saturated carbocycles. The Balaban J connectivity index is 1.90. The minimum absolute atomic E-state index is 0.225. The minimum atomic E-state index is -0.719. The lowest BCUT2D eigenvalue weighted by Gasteiger charge is -2.20. The van der Waals surface area contributed by atoms with Gasteiger partial charge in [-0.05, 0) is 36.6 Å². The Labute approximate surface area is 122 Å². The van der Waals surface area contributed by atoms with Gasteiger partial charge in [0.25, 0.3) is 0 Å². The molecule has 1 aromatic carbocycles. The summed E-state index contributed by atoms with van der Waals surface area (Å²) in [5.41, 5.74) is 1.98. The number of carbonyl (C=O) groups is 1. The summed E-state index contributed by atoms with van der Waals surface area (Å²) in [6.45, 7) is 1.67. The molecule has 1 aliphatic rings. The predicted octanol–water partition coefficient (Wildman–Crippen LogP) is 3.19. The van der Waals surface area contributed by atoms with Gasteiger partial charge in [0.1, 0.15) is 0 Å². The number of pyridine rings is 1. The highest BCUT2D eigenvalue weighted by Gasteiger charge is 2.25. The molecule has 0 aliphatic carbocycles. The fourth-order valence-corrected chi connectivity index (χ4v) is 3.01. The van der Waals surface area contributed by atoms with Crippen LogP contribution in [0.1, 0.15) is 12.8 Å². The summed E-state index contributed by atoms with van der Waals surface area (Å²) in [6.07, 6.45) is 2.94. The zero-order valence-electron chi connectivity index (χ0n) is 10.9. The number of carboxylic acid groups (broad SMARTS) is 1. The van der Waals surface area contributed by atoms with E-state index < -0.39 is 5.97 Å². The molecule has 1 N–H and O–H groups in total. The van der Waals surface area contributed by atoms with Crippen LogP contribution in [0, 0.1) is 5.92 Å². The lowest BCUT2D eigenvalue weighted by Crippen LogP contribution is -2.20. The van der Waals surface area contributed by atoms with E-state index in [0.29, 0.717) is 5.02 Å². The molecule has 0 spiro atoms. The maximum Gasteiger partial charge on any atom is 0.303 e. The molecule has 2 heterocycles. The van der Waals surface area contributed by atoms with Crippen molar-refractivity contribution in [2.24, 2.45) is 5.92 Å². The van der Waals surface area contributed by atoms with Gasteiger partial charge in [-0.25, -0.2) is 0 Å². The molecular weight excluding hydrogens is 276 g/mol. The van der Waals surface area contributed by atoms with Crippen molar-refractivity contribution in [2.45, 2.75) is 12.8 Å².